The summed E-state index contributed by atoms with van der Waals surface area (Å²) >= 11 is 0. The van der Waals surface area contributed by atoms with Crippen molar-refractivity contribution in [3.8, 4) is 0 Å². The topological polar surface area (TPSA) is 61.8 Å². The molecule has 1 aromatic rings. The lowest BCUT2D eigenvalue weighted by atomic mass is 9.65. The average molecular weight is 352 g/mol. The minimum Gasteiger partial charge on any atom is -0.356 e. The second kappa shape index (κ2) is 6.75. The van der Waals surface area contributed by atoms with Crippen molar-refractivity contribution in [2.75, 3.05) is 25.4 Å². The molecule has 1 aliphatic rings. The van der Waals surface area contributed by atoms with E-state index in [1.54, 1.807) is 24.3 Å². The van der Waals surface area contributed by atoms with Crippen molar-refractivity contribution in [1.82, 2.24) is 10.2 Å². The molecule has 1 aliphatic heterocycles. The van der Waals surface area contributed by atoms with Crippen LogP contribution in [0.5, 0.6) is 0 Å². The summed E-state index contributed by atoms with van der Waals surface area (Å²) in [6, 6.07) is 8.56. The summed E-state index contributed by atoms with van der Waals surface area (Å²) < 4.78 is 24.7. The first kappa shape index (κ1) is 18.8. The Bertz CT molecular complexity index is 694. The molecule has 24 heavy (non-hydrogen) atoms. The fourth-order valence-corrected chi connectivity index (χ4v) is 3.95. The van der Waals surface area contributed by atoms with E-state index in [1.165, 1.54) is 0 Å². The molecule has 0 aromatic heterocycles. The molecule has 0 bridgehead atoms. The van der Waals surface area contributed by atoms with Crippen molar-refractivity contribution in [3.63, 3.8) is 0 Å². The van der Waals surface area contributed by atoms with Gasteiger partial charge in [0, 0.05) is 24.0 Å². The summed E-state index contributed by atoms with van der Waals surface area (Å²) in [6.07, 6.45) is 0. The molecule has 1 aromatic carbocycles. The molecule has 0 unspecified atom stereocenters. The summed E-state index contributed by atoms with van der Waals surface area (Å²) in [5, 5.41) is 3.29. The summed E-state index contributed by atoms with van der Waals surface area (Å²) in [4.78, 5) is 7.14. The third-order valence-electron chi connectivity index (χ3n) is 5.20. The van der Waals surface area contributed by atoms with Gasteiger partial charge in [0.2, 0.25) is 0 Å². The van der Waals surface area contributed by atoms with Gasteiger partial charge in [0.05, 0.1) is 17.2 Å². The number of benzene rings is 1. The maximum absolute atomic E-state index is 12.4. The second-order valence-corrected chi connectivity index (χ2v) is 9.51. The molecule has 0 radical (unpaired) electrons. The van der Waals surface area contributed by atoms with Crippen molar-refractivity contribution < 1.29 is 8.42 Å². The molecule has 6 heteroatoms. The number of rotatable bonds is 5. The summed E-state index contributed by atoms with van der Waals surface area (Å²) in [5.74, 6) is 0.814. The molecule has 134 valence electrons. The Morgan fingerprint density at radius 3 is 2.33 bits per heavy atom. The van der Waals surface area contributed by atoms with Crippen molar-refractivity contribution >= 4 is 15.8 Å². The zero-order chi connectivity index (χ0) is 18.0. The Hall–Kier alpha value is -1.56. The molecule has 0 aliphatic carbocycles. The number of aliphatic imine (C=N–C) groups is 1. The van der Waals surface area contributed by atoms with Crippen molar-refractivity contribution in [1.29, 1.82) is 0 Å². The molecule has 0 amide bonds. The van der Waals surface area contributed by atoms with Crippen LogP contribution in [-0.4, -0.2) is 50.2 Å². The SMILES string of the molecule is CCNC(=NCCS(=O)(=O)c1ccccc1)N1CC(C)(C)C1(C)C. The van der Waals surface area contributed by atoms with E-state index in [0.29, 0.717) is 4.90 Å². The number of likely N-dealkylation sites (tertiary alicyclic amines) is 1. The zero-order valence-corrected chi connectivity index (χ0v) is 16.2. The highest BCUT2D eigenvalue weighted by atomic mass is 32.2. The van der Waals surface area contributed by atoms with Gasteiger partial charge in [-0.15, -0.1) is 0 Å². The summed E-state index contributed by atoms with van der Waals surface area (Å²) in [5.41, 5.74) is 0.200. The van der Waals surface area contributed by atoms with Gasteiger partial charge in [-0.2, -0.15) is 0 Å². The van der Waals surface area contributed by atoms with Crippen molar-refractivity contribution in [2.24, 2.45) is 10.4 Å². The van der Waals surface area contributed by atoms with Gasteiger partial charge in [-0.3, -0.25) is 4.99 Å². The lowest BCUT2D eigenvalue weighted by Gasteiger charge is -2.62. The highest BCUT2D eigenvalue weighted by Gasteiger charge is 2.53. The van der Waals surface area contributed by atoms with Crippen LogP contribution >= 0.6 is 0 Å². The van der Waals surface area contributed by atoms with E-state index in [-0.39, 0.29) is 23.3 Å². The first-order chi connectivity index (χ1) is 11.1. The Kier molecular flexibility index (Phi) is 5.28. The average Bonchev–Trinajstić information content (AvgIpc) is 2.53. The van der Waals surface area contributed by atoms with E-state index in [0.717, 1.165) is 19.0 Å². The van der Waals surface area contributed by atoms with Crippen molar-refractivity contribution in [3.05, 3.63) is 30.3 Å². The normalized spacial score (nSPS) is 19.7. The lowest BCUT2D eigenvalue weighted by Crippen LogP contribution is -2.72. The van der Waals surface area contributed by atoms with E-state index in [2.05, 4.69) is 42.9 Å². The van der Waals surface area contributed by atoms with Gasteiger partial charge in [-0.05, 0) is 32.9 Å². The third-order valence-corrected chi connectivity index (χ3v) is 6.91. The zero-order valence-electron chi connectivity index (χ0n) is 15.3. The van der Waals surface area contributed by atoms with Crippen LogP contribution in [-0.2, 0) is 9.84 Å². The van der Waals surface area contributed by atoms with Crippen LogP contribution in [0.4, 0.5) is 0 Å². The van der Waals surface area contributed by atoms with Gasteiger partial charge in [0.15, 0.2) is 15.8 Å². The molecular weight excluding hydrogens is 322 g/mol. The van der Waals surface area contributed by atoms with E-state index in [1.807, 2.05) is 13.0 Å². The van der Waals surface area contributed by atoms with E-state index in [4.69, 9.17) is 0 Å². The number of hydrogen-bond acceptors (Lipinski definition) is 3. The number of sulfone groups is 1. The van der Waals surface area contributed by atoms with E-state index >= 15 is 0 Å². The van der Waals surface area contributed by atoms with Gasteiger partial charge in [-0.1, -0.05) is 32.0 Å². The first-order valence-electron chi connectivity index (χ1n) is 8.45. The Morgan fingerprint density at radius 2 is 1.83 bits per heavy atom. The standard InChI is InChI=1S/C18H29N3O2S/c1-6-19-16(21-14-17(2,3)18(21,4)5)20-12-13-24(22,23)15-10-8-7-9-11-15/h7-11H,6,12-14H2,1-5H3,(H,19,20). The Morgan fingerprint density at radius 1 is 1.21 bits per heavy atom. The van der Waals surface area contributed by atoms with Crippen LogP contribution < -0.4 is 5.32 Å². The fourth-order valence-electron chi connectivity index (χ4n) is 2.81. The second-order valence-electron chi connectivity index (χ2n) is 7.40. The quantitative estimate of drug-likeness (QED) is 0.654. The van der Waals surface area contributed by atoms with Crippen LogP contribution in [0.15, 0.2) is 40.2 Å². The minimum atomic E-state index is -3.29. The number of nitrogens with one attached hydrogen (secondary N) is 1. The number of nitrogens with zero attached hydrogens (tertiary/aromatic N) is 2. The van der Waals surface area contributed by atoms with E-state index < -0.39 is 9.84 Å². The molecule has 0 spiro atoms. The predicted molar refractivity (Wildman–Crippen MR) is 99.0 cm³/mol. The largest absolute Gasteiger partial charge is 0.356 e. The monoisotopic (exact) mass is 351 g/mol. The van der Waals surface area contributed by atoms with Crippen molar-refractivity contribution in [2.45, 2.75) is 45.1 Å². The third kappa shape index (κ3) is 3.58. The summed E-state index contributed by atoms with van der Waals surface area (Å²) in [7, 11) is -3.29. The fraction of sp³-hybridized carbons (Fsp3) is 0.611. The molecule has 1 saturated heterocycles. The smallest absolute Gasteiger partial charge is 0.194 e. The number of guanidine groups is 1. The highest BCUT2D eigenvalue weighted by molar-refractivity contribution is 7.91. The van der Waals surface area contributed by atoms with Gasteiger partial charge in [-0.25, -0.2) is 8.42 Å². The maximum atomic E-state index is 12.4. The number of hydrogen-bond donors (Lipinski definition) is 1. The van der Waals surface area contributed by atoms with E-state index in [9.17, 15) is 8.42 Å². The molecule has 1 heterocycles. The summed E-state index contributed by atoms with van der Waals surface area (Å²) in [6.45, 7) is 12.8. The van der Waals surface area contributed by atoms with Crippen LogP contribution in [0.1, 0.15) is 34.6 Å². The van der Waals surface area contributed by atoms with Gasteiger partial charge in [0.1, 0.15) is 0 Å². The van der Waals surface area contributed by atoms with Crippen LogP contribution in [0.3, 0.4) is 0 Å². The van der Waals surface area contributed by atoms with Crippen LogP contribution in [0.25, 0.3) is 0 Å². The van der Waals surface area contributed by atoms with Crippen LogP contribution in [0.2, 0.25) is 0 Å². The molecular formula is C18H29N3O2S. The van der Waals surface area contributed by atoms with Gasteiger partial charge < -0.3 is 10.2 Å². The molecule has 2 rings (SSSR count). The lowest BCUT2D eigenvalue weighted by molar-refractivity contribution is -0.0667. The molecule has 0 atom stereocenters. The molecule has 0 saturated carbocycles. The Labute approximate surface area is 146 Å². The molecule has 5 nitrogen and oxygen atoms in total. The Balaban J connectivity index is 2.08. The molecule has 1 N–H and O–H groups in total. The van der Waals surface area contributed by atoms with Gasteiger partial charge >= 0.3 is 0 Å². The maximum Gasteiger partial charge on any atom is 0.194 e. The highest BCUT2D eigenvalue weighted by Crippen LogP contribution is 2.46. The predicted octanol–water partition coefficient (Wildman–Crippen LogP) is 2.55. The van der Waals surface area contributed by atoms with Crippen LogP contribution in [0, 0.1) is 5.41 Å². The first-order valence-corrected chi connectivity index (χ1v) is 10.1. The minimum absolute atomic E-state index is 0.00763. The molecule has 1 fully saturated rings. The van der Waals surface area contributed by atoms with Gasteiger partial charge in [0.25, 0.3) is 0 Å².